The number of hydrogen-bond acceptors (Lipinski definition) is 2. The van der Waals surface area contributed by atoms with Gasteiger partial charge in [0.1, 0.15) is 0 Å². The van der Waals surface area contributed by atoms with Crippen molar-refractivity contribution in [3.8, 4) is 0 Å². The molecule has 2 heterocycles. The molecule has 1 aromatic carbocycles. The van der Waals surface area contributed by atoms with Crippen molar-refractivity contribution in [2.75, 3.05) is 19.6 Å². The van der Waals surface area contributed by atoms with E-state index in [9.17, 15) is 22.8 Å². The molecule has 3 rings (SSSR count). The molecule has 0 N–H and O–H groups in total. The fourth-order valence-electron chi connectivity index (χ4n) is 4.31. The van der Waals surface area contributed by atoms with Crippen LogP contribution in [-0.4, -0.2) is 46.8 Å². The number of likely N-dealkylation sites (tertiary alicyclic amines) is 2. The number of carbonyl (C=O) groups excluding carboxylic acids is 2. The summed E-state index contributed by atoms with van der Waals surface area (Å²) in [7, 11) is 0. The predicted molar refractivity (Wildman–Crippen MR) is 90.6 cm³/mol. The van der Waals surface area contributed by atoms with Crippen LogP contribution < -0.4 is 0 Å². The first-order valence-electron chi connectivity index (χ1n) is 9.04. The number of amides is 2. The topological polar surface area (TPSA) is 40.6 Å². The Morgan fingerprint density at radius 1 is 1.15 bits per heavy atom. The Morgan fingerprint density at radius 2 is 1.81 bits per heavy atom. The van der Waals surface area contributed by atoms with E-state index in [0.717, 1.165) is 37.8 Å². The fraction of sp³-hybridized carbons (Fsp3) is 0.579. The van der Waals surface area contributed by atoms with Crippen molar-refractivity contribution in [1.29, 1.82) is 0 Å². The minimum Gasteiger partial charge on any atom is -0.336 e. The molecule has 7 heteroatoms. The number of benzene rings is 1. The highest BCUT2D eigenvalue weighted by Gasteiger charge is 2.45. The van der Waals surface area contributed by atoms with Gasteiger partial charge in [0.15, 0.2) is 0 Å². The van der Waals surface area contributed by atoms with Crippen molar-refractivity contribution in [2.24, 2.45) is 0 Å². The van der Waals surface area contributed by atoms with E-state index >= 15 is 0 Å². The summed E-state index contributed by atoms with van der Waals surface area (Å²) in [6.07, 6.45) is -0.538. The molecule has 1 atom stereocenters. The van der Waals surface area contributed by atoms with E-state index < -0.39 is 11.7 Å². The molecule has 2 fully saturated rings. The van der Waals surface area contributed by atoms with E-state index in [1.807, 2.05) is 11.8 Å². The largest absolute Gasteiger partial charge is 0.416 e. The van der Waals surface area contributed by atoms with Gasteiger partial charge in [-0.3, -0.25) is 9.59 Å². The van der Waals surface area contributed by atoms with Gasteiger partial charge in [0.25, 0.3) is 5.91 Å². The van der Waals surface area contributed by atoms with Gasteiger partial charge in [-0.2, -0.15) is 13.2 Å². The van der Waals surface area contributed by atoms with Gasteiger partial charge in [0, 0.05) is 31.6 Å². The Kier molecular flexibility index (Phi) is 4.99. The lowest BCUT2D eigenvalue weighted by Crippen LogP contribution is -2.63. The van der Waals surface area contributed by atoms with Crippen molar-refractivity contribution in [3.05, 3.63) is 35.4 Å². The lowest BCUT2D eigenvalue weighted by Gasteiger charge is -2.52. The van der Waals surface area contributed by atoms with Crippen LogP contribution in [0.15, 0.2) is 24.3 Å². The van der Waals surface area contributed by atoms with Gasteiger partial charge in [-0.1, -0.05) is 0 Å². The quantitative estimate of drug-likeness (QED) is 0.798. The van der Waals surface area contributed by atoms with Gasteiger partial charge >= 0.3 is 6.18 Å². The number of hydrogen-bond donors (Lipinski definition) is 0. The minimum atomic E-state index is -4.42. The average molecular weight is 368 g/mol. The molecule has 2 saturated heterocycles. The van der Waals surface area contributed by atoms with Gasteiger partial charge in [0.05, 0.1) is 11.1 Å². The summed E-state index contributed by atoms with van der Waals surface area (Å²) in [5.74, 6) is -0.144. The van der Waals surface area contributed by atoms with E-state index in [4.69, 9.17) is 0 Å². The zero-order chi connectivity index (χ0) is 18.9. The third kappa shape index (κ3) is 3.44. The highest BCUT2D eigenvalue weighted by Crippen LogP contribution is 2.37. The Bertz CT molecular complexity index is 683. The first-order valence-corrected chi connectivity index (χ1v) is 9.04. The zero-order valence-corrected chi connectivity index (χ0v) is 14.8. The van der Waals surface area contributed by atoms with Gasteiger partial charge in [-0.15, -0.1) is 0 Å². The van der Waals surface area contributed by atoms with Gasteiger partial charge in [-0.05, 0) is 56.9 Å². The number of likely N-dealkylation sites (N-methyl/N-ethyl adjacent to an activating group) is 1. The summed E-state index contributed by atoms with van der Waals surface area (Å²) in [6, 6.07) is 4.34. The maximum atomic E-state index is 12.8. The summed E-state index contributed by atoms with van der Waals surface area (Å²) in [6.45, 7) is 3.57. The van der Waals surface area contributed by atoms with E-state index in [1.54, 1.807) is 4.90 Å². The van der Waals surface area contributed by atoms with E-state index in [1.165, 1.54) is 12.1 Å². The SMILES string of the molecule is CCN1C(=O)CCC[C@@]12CCCN(C(=O)c1ccc(C(F)(F)F)cc1)C2. The maximum Gasteiger partial charge on any atom is 0.416 e. The number of alkyl halides is 3. The van der Waals surface area contributed by atoms with Crippen LogP contribution >= 0.6 is 0 Å². The number of halogens is 3. The Labute approximate surface area is 151 Å². The van der Waals surface area contributed by atoms with Crippen LogP contribution in [0.4, 0.5) is 13.2 Å². The van der Waals surface area contributed by atoms with Crippen LogP contribution in [0.2, 0.25) is 0 Å². The molecule has 0 aliphatic carbocycles. The predicted octanol–water partition coefficient (Wildman–Crippen LogP) is 3.71. The smallest absolute Gasteiger partial charge is 0.336 e. The molecule has 0 unspecified atom stereocenters. The summed E-state index contributed by atoms with van der Waals surface area (Å²) in [5.41, 5.74) is -0.844. The lowest BCUT2D eigenvalue weighted by molar-refractivity contribution is -0.144. The van der Waals surface area contributed by atoms with Gasteiger partial charge in [-0.25, -0.2) is 0 Å². The van der Waals surface area contributed by atoms with Crippen LogP contribution in [0.5, 0.6) is 0 Å². The van der Waals surface area contributed by atoms with Crippen molar-refractivity contribution < 1.29 is 22.8 Å². The minimum absolute atomic E-state index is 0.127. The number of piperidine rings is 2. The Hall–Kier alpha value is -2.05. The molecule has 2 amide bonds. The average Bonchev–Trinajstić information content (AvgIpc) is 2.61. The maximum absolute atomic E-state index is 12.8. The molecular weight excluding hydrogens is 345 g/mol. The molecular formula is C19H23F3N2O2. The van der Waals surface area contributed by atoms with Gasteiger partial charge < -0.3 is 9.80 Å². The lowest BCUT2D eigenvalue weighted by atomic mass is 9.79. The Morgan fingerprint density at radius 3 is 2.42 bits per heavy atom. The fourth-order valence-corrected chi connectivity index (χ4v) is 4.31. The van der Waals surface area contributed by atoms with Crippen LogP contribution in [0.1, 0.15) is 54.9 Å². The van der Waals surface area contributed by atoms with Crippen LogP contribution in [0.3, 0.4) is 0 Å². The molecule has 0 saturated carbocycles. The van der Waals surface area contributed by atoms with E-state index in [0.29, 0.717) is 26.1 Å². The van der Waals surface area contributed by atoms with Gasteiger partial charge in [0.2, 0.25) is 5.91 Å². The zero-order valence-electron chi connectivity index (χ0n) is 14.8. The van der Waals surface area contributed by atoms with Crippen LogP contribution in [-0.2, 0) is 11.0 Å². The van der Waals surface area contributed by atoms with Crippen LogP contribution in [0.25, 0.3) is 0 Å². The molecule has 2 aliphatic rings. The summed E-state index contributed by atoms with van der Waals surface area (Å²) in [4.78, 5) is 28.7. The standard InChI is InChI=1S/C19H23F3N2O2/c1-2-24-16(25)5-3-10-18(24)11-4-12-23(13-18)17(26)14-6-8-15(9-7-14)19(20,21)22/h6-9H,2-5,10-13H2,1H3/t18-/m0/s1. The molecule has 0 aromatic heterocycles. The Balaban J connectivity index is 1.79. The molecule has 142 valence electrons. The third-order valence-corrected chi connectivity index (χ3v) is 5.52. The highest BCUT2D eigenvalue weighted by molar-refractivity contribution is 5.94. The molecule has 0 bridgehead atoms. The van der Waals surface area contributed by atoms with E-state index in [-0.39, 0.29) is 22.9 Å². The normalized spacial score (nSPS) is 24.2. The molecule has 1 aromatic rings. The second kappa shape index (κ2) is 6.93. The molecule has 1 spiro atoms. The number of nitrogens with zero attached hydrogens (tertiary/aromatic N) is 2. The van der Waals surface area contributed by atoms with E-state index in [2.05, 4.69) is 0 Å². The molecule has 2 aliphatic heterocycles. The van der Waals surface area contributed by atoms with Crippen molar-refractivity contribution >= 4 is 11.8 Å². The second-order valence-electron chi connectivity index (χ2n) is 7.12. The van der Waals surface area contributed by atoms with Crippen molar-refractivity contribution in [3.63, 3.8) is 0 Å². The first kappa shape index (κ1) is 18.7. The number of rotatable bonds is 2. The second-order valence-corrected chi connectivity index (χ2v) is 7.12. The summed E-state index contributed by atoms with van der Waals surface area (Å²) < 4.78 is 38.1. The number of carbonyl (C=O) groups is 2. The van der Waals surface area contributed by atoms with Crippen LogP contribution in [0, 0.1) is 0 Å². The monoisotopic (exact) mass is 368 g/mol. The third-order valence-electron chi connectivity index (χ3n) is 5.52. The summed E-state index contributed by atoms with van der Waals surface area (Å²) >= 11 is 0. The highest BCUT2D eigenvalue weighted by atomic mass is 19.4. The summed E-state index contributed by atoms with van der Waals surface area (Å²) in [5, 5.41) is 0. The molecule has 0 radical (unpaired) electrons. The van der Waals surface area contributed by atoms with Crippen molar-refractivity contribution in [1.82, 2.24) is 9.80 Å². The molecule has 26 heavy (non-hydrogen) atoms. The molecule has 4 nitrogen and oxygen atoms in total. The van der Waals surface area contributed by atoms with Crippen molar-refractivity contribution in [2.45, 2.75) is 50.7 Å². The first-order chi connectivity index (χ1) is 12.3.